The molecule has 0 aliphatic carbocycles. The van der Waals surface area contributed by atoms with Crippen LogP contribution in [0.3, 0.4) is 0 Å². The third-order valence-electron chi connectivity index (χ3n) is 4.44. The molecule has 8 heteroatoms. The number of nitrogens with one attached hydrogen (secondary N) is 2. The maximum Gasteiger partial charge on any atom is 0.268 e. The largest absolute Gasteiger partial charge is 0.372 e. The molecule has 3 heterocycles. The van der Waals surface area contributed by atoms with Gasteiger partial charge in [-0.1, -0.05) is 0 Å². The minimum Gasteiger partial charge on any atom is -0.372 e. The van der Waals surface area contributed by atoms with E-state index in [9.17, 15) is 9.59 Å². The Morgan fingerprint density at radius 1 is 1.44 bits per heavy atom. The first-order chi connectivity index (χ1) is 12.1. The standard InChI is InChI=1S/C17H22N6O2/c1-18-16-14(4-3-6-19-16)17(25)20-9-12-5-7-23(11-12)13-8-15(24)22(2)21-10-13/h3-4,6,8,10,12H,5,7,9,11H2,1-2H3,(H,18,19)(H,20,25)/t12-/m1/s1. The van der Waals surface area contributed by atoms with Crippen LogP contribution in [0.2, 0.25) is 0 Å². The highest BCUT2D eigenvalue weighted by atomic mass is 16.1. The Labute approximate surface area is 145 Å². The third kappa shape index (κ3) is 3.78. The van der Waals surface area contributed by atoms with Crippen molar-refractivity contribution in [2.24, 2.45) is 13.0 Å². The zero-order chi connectivity index (χ0) is 17.8. The van der Waals surface area contributed by atoms with Crippen LogP contribution in [-0.4, -0.2) is 47.4 Å². The molecular formula is C17H22N6O2. The predicted octanol–water partition coefficient (Wildman–Crippen LogP) is 0.473. The molecule has 3 rings (SSSR count). The van der Waals surface area contributed by atoms with Crippen molar-refractivity contribution >= 4 is 17.4 Å². The summed E-state index contributed by atoms with van der Waals surface area (Å²) in [6.07, 6.45) is 4.31. The van der Waals surface area contributed by atoms with Crippen LogP contribution in [0.15, 0.2) is 35.4 Å². The molecule has 0 spiro atoms. The first-order valence-corrected chi connectivity index (χ1v) is 8.27. The van der Waals surface area contributed by atoms with Crippen LogP contribution in [0.25, 0.3) is 0 Å². The highest BCUT2D eigenvalue weighted by Gasteiger charge is 2.24. The summed E-state index contributed by atoms with van der Waals surface area (Å²) in [6, 6.07) is 5.10. The molecule has 132 valence electrons. The molecule has 1 fully saturated rings. The van der Waals surface area contributed by atoms with Gasteiger partial charge in [0.15, 0.2) is 0 Å². The van der Waals surface area contributed by atoms with Crippen molar-refractivity contribution in [2.45, 2.75) is 6.42 Å². The van der Waals surface area contributed by atoms with Crippen LogP contribution in [0.4, 0.5) is 11.5 Å². The Hall–Kier alpha value is -2.90. The average Bonchev–Trinajstić information content (AvgIpc) is 3.11. The van der Waals surface area contributed by atoms with E-state index in [1.165, 1.54) is 4.68 Å². The topological polar surface area (TPSA) is 92.2 Å². The zero-order valence-electron chi connectivity index (χ0n) is 14.4. The Morgan fingerprint density at radius 2 is 2.28 bits per heavy atom. The lowest BCUT2D eigenvalue weighted by atomic mass is 10.1. The number of hydrogen-bond acceptors (Lipinski definition) is 6. The normalized spacial score (nSPS) is 16.7. The van der Waals surface area contributed by atoms with E-state index in [1.807, 2.05) is 0 Å². The summed E-state index contributed by atoms with van der Waals surface area (Å²) in [6.45, 7) is 2.23. The quantitative estimate of drug-likeness (QED) is 0.821. The fraction of sp³-hybridized carbons (Fsp3) is 0.412. The first kappa shape index (κ1) is 16.9. The predicted molar refractivity (Wildman–Crippen MR) is 95.9 cm³/mol. The molecular weight excluding hydrogens is 320 g/mol. The molecule has 2 aromatic heterocycles. The van der Waals surface area contributed by atoms with Crippen LogP contribution in [0.5, 0.6) is 0 Å². The maximum absolute atomic E-state index is 12.4. The molecule has 25 heavy (non-hydrogen) atoms. The Bertz CT molecular complexity index is 819. The second-order valence-electron chi connectivity index (χ2n) is 6.14. The molecule has 1 saturated heterocycles. The van der Waals surface area contributed by atoms with Gasteiger partial charge >= 0.3 is 0 Å². The minimum atomic E-state index is -0.133. The molecule has 1 atom stereocenters. The number of carbonyl (C=O) groups excluding carboxylic acids is 1. The molecule has 0 unspecified atom stereocenters. The third-order valence-corrected chi connectivity index (χ3v) is 4.44. The van der Waals surface area contributed by atoms with Crippen molar-refractivity contribution in [2.75, 3.05) is 36.9 Å². The molecule has 8 nitrogen and oxygen atoms in total. The highest BCUT2D eigenvalue weighted by molar-refractivity contribution is 5.98. The monoisotopic (exact) mass is 342 g/mol. The number of aromatic nitrogens is 3. The van der Waals surface area contributed by atoms with E-state index in [-0.39, 0.29) is 11.5 Å². The van der Waals surface area contributed by atoms with Gasteiger partial charge in [-0.05, 0) is 24.5 Å². The van der Waals surface area contributed by atoms with Gasteiger partial charge < -0.3 is 15.5 Å². The fourth-order valence-corrected chi connectivity index (χ4v) is 2.99. The number of pyridine rings is 1. The van der Waals surface area contributed by atoms with E-state index in [0.717, 1.165) is 25.2 Å². The van der Waals surface area contributed by atoms with Gasteiger partial charge in [0.05, 0.1) is 17.4 Å². The molecule has 0 aromatic carbocycles. The Balaban J connectivity index is 1.57. The van der Waals surface area contributed by atoms with Crippen LogP contribution in [0.1, 0.15) is 16.8 Å². The van der Waals surface area contributed by atoms with Crippen molar-refractivity contribution in [3.63, 3.8) is 0 Å². The molecule has 2 N–H and O–H groups in total. The van der Waals surface area contributed by atoms with E-state index >= 15 is 0 Å². The van der Waals surface area contributed by atoms with Gasteiger partial charge in [0, 0.05) is 46.0 Å². The van der Waals surface area contributed by atoms with Gasteiger partial charge in [-0.3, -0.25) is 9.59 Å². The number of nitrogens with zero attached hydrogens (tertiary/aromatic N) is 4. The lowest BCUT2D eigenvalue weighted by Gasteiger charge is -2.18. The fourth-order valence-electron chi connectivity index (χ4n) is 2.99. The van der Waals surface area contributed by atoms with E-state index in [0.29, 0.717) is 23.8 Å². The summed E-state index contributed by atoms with van der Waals surface area (Å²) in [7, 11) is 3.37. The number of rotatable bonds is 5. The van der Waals surface area contributed by atoms with Crippen LogP contribution in [-0.2, 0) is 7.05 Å². The molecule has 0 saturated carbocycles. The highest BCUT2D eigenvalue weighted by Crippen LogP contribution is 2.21. The lowest BCUT2D eigenvalue weighted by molar-refractivity contribution is 0.0949. The summed E-state index contributed by atoms with van der Waals surface area (Å²) in [5.41, 5.74) is 1.25. The van der Waals surface area contributed by atoms with Gasteiger partial charge in [0.25, 0.3) is 11.5 Å². The van der Waals surface area contributed by atoms with Gasteiger partial charge in [-0.2, -0.15) is 5.10 Å². The smallest absolute Gasteiger partial charge is 0.268 e. The van der Waals surface area contributed by atoms with Crippen molar-refractivity contribution < 1.29 is 4.79 Å². The van der Waals surface area contributed by atoms with Crippen molar-refractivity contribution in [3.05, 3.63) is 46.5 Å². The molecule has 2 aromatic rings. The summed E-state index contributed by atoms with van der Waals surface area (Å²) in [4.78, 5) is 30.4. The molecule has 1 aliphatic rings. The molecule has 1 amide bonds. The van der Waals surface area contributed by atoms with Gasteiger partial charge in [-0.25, -0.2) is 9.67 Å². The number of hydrogen-bond donors (Lipinski definition) is 2. The number of anilines is 2. The molecule has 1 aliphatic heterocycles. The van der Waals surface area contributed by atoms with E-state index in [4.69, 9.17) is 0 Å². The Kier molecular flexibility index (Phi) is 4.97. The van der Waals surface area contributed by atoms with Crippen LogP contribution < -0.4 is 21.1 Å². The van der Waals surface area contributed by atoms with E-state index in [1.54, 1.807) is 44.7 Å². The second kappa shape index (κ2) is 7.33. The van der Waals surface area contributed by atoms with Crippen molar-refractivity contribution in [3.8, 4) is 0 Å². The Morgan fingerprint density at radius 3 is 3.04 bits per heavy atom. The number of carbonyl (C=O) groups is 1. The second-order valence-corrected chi connectivity index (χ2v) is 6.14. The first-order valence-electron chi connectivity index (χ1n) is 8.27. The van der Waals surface area contributed by atoms with Crippen molar-refractivity contribution in [1.82, 2.24) is 20.1 Å². The van der Waals surface area contributed by atoms with Crippen LogP contribution >= 0.6 is 0 Å². The molecule has 0 bridgehead atoms. The molecule has 0 radical (unpaired) electrons. The maximum atomic E-state index is 12.4. The minimum absolute atomic E-state index is 0.120. The summed E-state index contributed by atoms with van der Waals surface area (Å²) >= 11 is 0. The SMILES string of the molecule is CNc1ncccc1C(=O)NC[C@H]1CCN(c2cnn(C)c(=O)c2)C1. The van der Waals surface area contributed by atoms with Crippen molar-refractivity contribution in [1.29, 1.82) is 0 Å². The van der Waals surface area contributed by atoms with Gasteiger partial charge in [0.2, 0.25) is 0 Å². The van der Waals surface area contributed by atoms with E-state index in [2.05, 4.69) is 25.6 Å². The average molecular weight is 342 g/mol. The van der Waals surface area contributed by atoms with Gasteiger partial charge in [0.1, 0.15) is 5.82 Å². The van der Waals surface area contributed by atoms with E-state index < -0.39 is 0 Å². The number of amides is 1. The summed E-state index contributed by atoms with van der Waals surface area (Å²) in [5, 5.41) is 9.97. The summed E-state index contributed by atoms with van der Waals surface area (Å²) in [5.74, 6) is 0.771. The summed E-state index contributed by atoms with van der Waals surface area (Å²) < 4.78 is 1.31. The zero-order valence-corrected chi connectivity index (χ0v) is 14.4. The van der Waals surface area contributed by atoms with Crippen LogP contribution in [0, 0.1) is 5.92 Å². The number of aryl methyl sites for hydroxylation is 1. The lowest BCUT2D eigenvalue weighted by Crippen LogP contribution is -2.32. The van der Waals surface area contributed by atoms with Gasteiger partial charge in [-0.15, -0.1) is 0 Å².